The van der Waals surface area contributed by atoms with Gasteiger partial charge in [0.15, 0.2) is 0 Å². The van der Waals surface area contributed by atoms with Gasteiger partial charge in [0, 0.05) is 99.4 Å². The topological polar surface area (TPSA) is 653 Å². The van der Waals surface area contributed by atoms with Crippen LogP contribution < -0.4 is 70.4 Å². The number of rotatable bonds is 25. The second kappa shape index (κ2) is 51.4. The van der Waals surface area contributed by atoms with E-state index < -0.39 is 261 Å². The minimum atomic E-state index is -1.82. The fourth-order valence-electron chi connectivity index (χ4n) is 17.3. The van der Waals surface area contributed by atoms with Crippen LogP contribution in [-0.4, -0.2) is 335 Å². The van der Waals surface area contributed by atoms with Crippen molar-refractivity contribution >= 4 is 140 Å². The molecule has 4 aliphatic rings. The summed E-state index contributed by atoms with van der Waals surface area (Å²) in [6.45, 7) is 4.77. The number of fused-ring (bicyclic) bond motifs is 5. The average molecular weight is 1930 g/mol. The molecule has 4 fully saturated rings. The highest BCUT2D eigenvalue weighted by Crippen LogP contribution is 2.30. The van der Waals surface area contributed by atoms with Crippen LogP contribution >= 0.6 is 11.8 Å². The molecule has 6 heterocycles. The third kappa shape index (κ3) is 30.8. The second-order valence-electron chi connectivity index (χ2n) is 36.1. The number of hydrogen-bond acceptors (Lipinski definition) is 25. The van der Waals surface area contributed by atoms with Crippen molar-refractivity contribution in [2.75, 3.05) is 84.8 Å². The zero-order valence-electron chi connectivity index (χ0n) is 78.0. The van der Waals surface area contributed by atoms with Crippen molar-refractivity contribution in [3.8, 4) is 5.75 Å². The van der Waals surface area contributed by atoms with E-state index in [0.717, 1.165) is 31.4 Å². The fourth-order valence-corrected chi connectivity index (χ4v) is 18.1. The first-order valence-corrected chi connectivity index (χ1v) is 47.2. The van der Waals surface area contributed by atoms with E-state index in [1.165, 1.54) is 47.8 Å². The van der Waals surface area contributed by atoms with Crippen LogP contribution in [0.15, 0.2) is 85.2 Å². The molecule has 22 N–H and O–H groups in total. The minimum absolute atomic E-state index is 0.0251. The van der Waals surface area contributed by atoms with Crippen molar-refractivity contribution in [1.82, 2.24) is 87.2 Å². The maximum absolute atomic E-state index is 15.3. The Hall–Kier alpha value is -12.9. The molecule has 0 aliphatic carbocycles. The van der Waals surface area contributed by atoms with E-state index in [0.29, 0.717) is 57.8 Å². The van der Waals surface area contributed by atoms with Gasteiger partial charge in [0.1, 0.15) is 78.8 Å². The van der Waals surface area contributed by atoms with E-state index >= 15 is 28.8 Å². The largest absolute Gasteiger partial charge is 0.508 e. The molecule has 4 aliphatic heterocycles. The second-order valence-corrected chi connectivity index (χ2v) is 37.2. The smallest absolute Gasteiger partial charge is 0.323 e. The van der Waals surface area contributed by atoms with Gasteiger partial charge in [-0.05, 0) is 136 Å². The number of aromatic hydroxyl groups is 1. The number of carbonyl (C=O) groups excluding carboxylic acids is 16. The zero-order chi connectivity index (χ0) is 100. The van der Waals surface area contributed by atoms with E-state index in [9.17, 15) is 83.1 Å². The van der Waals surface area contributed by atoms with Crippen molar-refractivity contribution in [1.29, 1.82) is 0 Å². The number of para-hydroxylation sites is 2. The van der Waals surface area contributed by atoms with Gasteiger partial charge in [-0.2, -0.15) is 0 Å². The number of carboxylic acids is 2. The molecule has 137 heavy (non-hydrogen) atoms. The highest BCUT2D eigenvalue weighted by Gasteiger charge is 2.47. The number of carbonyl (C=O) groups is 18. The maximum Gasteiger partial charge on any atom is 0.323 e. The molecule has 1 unspecified atom stereocenters. The number of aliphatic hydroxyl groups excluding tert-OH is 2. The summed E-state index contributed by atoms with van der Waals surface area (Å²) >= 11 is 0.723. The Morgan fingerprint density at radius 2 is 1.20 bits per heavy atom. The Morgan fingerprint density at radius 1 is 0.599 bits per heavy atom. The number of phenols is 1. The molecule has 0 saturated carbocycles. The molecule has 2 aromatic heterocycles. The number of H-pyrrole nitrogens is 1. The summed E-state index contributed by atoms with van der Waals surface area (Å²) in [5, 5.41) is 80.4. The number of ether oxygens (including phenoxy) is 1. The molecule has 5 aromatic rings. The Balaban J connectivity index is 1.07. The van der Waals surface area contributed by atoms with E-state index in [4.69, 9.17) is 21.9 Å². The molecule has 0 bridgehead atoms. The quantitative estimate of drug-likeness (QED) is 0.0275. The lowest BCUT2D eigenvalue weighted by molar-refractivity contribution is -0.147. The number of likely N-dealkylation sites (N-methyl/N-ethyl adjacent to an activating group) is 2. The Labute approximate surface area is 795 Å². The molecule has 3 aromatic carbocycles. The predicted octanol–water partition coefficient (Wildman–Crippen LogP) is -3.08. The summed E-state index contributed by atoms with van der Waals surface area (Å²) in [5.41, 5.74) is 20.0. The molecule has 4 saturated heterocycles. The van der Waals surface area contributed by atoms with Gasteiger partial charge in [-0.15, -0.1) is 11.8 Å². The van der Waals surface area contributed by atoms with Crippen molar-refractivity contribution in [3.63, 3.8) is 0 Å². The molecule has 748 valence electrons. The first kappa shape index (κ1) is 108. The summed E-state index contributed by atoms with van der Waals surface area (Å²) in [5.74, 6) is -19.2. The van der Waals surface area contributed by atoms with Crippen molar-refractivity contribution in [2.45, 2.75) is 229 Å². The molecule has 45 heteroatoms. The number of nitrogens with two attached hydrogens (primary N) is 3. The van der Waals surface area contributed by atoms with Crippen molar-refractivity contribution < 1.29 is 117 Å². The number of amides is 16. The lowest BCUT2D eigenvalue weighted by Gasteiger charge is -2.38. The van der Waals surface area contributed by atoms with Gasteiger partial charge in [0.05, 0.1) is 63.4 Å². The number of thioether (sulfide) groups is 1. The molecule has 16 amide bonds. The summed E-state index contributed by atoms with van der Waals surface area (Å²) in [4.78, 5) is 266. The van der Waals surface area contributed by atoms with Crippen LogP contribution in [0.4, 0.5) is 0 Å². The molecular formula is C92H130N20O24S. The summed E-state index contributed by atoms with van der Waals surface area (Å²) < 4.78 is 7.71. The first-order chi connectivity index (χ1) is 65.1. The van der Waals surface area contributed by atoms with Crippen LogP contribution in [0, 0.1) is 17.8 Å². The van der Waals surface area contributed by atoms with E-state index in [1.54, 1.807) is 74.8 Å². The van der Waals surface area contributed by atoms with Gasteiger partial charge in [-0.25, -0.2) is 0 Å². The van der Waals surface area contributed by atoms with Crippen molar-refractivity contribution in [3.05, 3.63) is 102 Å². The fraction of sp³-hybridized carbons (Fsp3) is 0.565. The number of piperidine rings is 1. The van der Waals surface area contributed by atoms with Gasteiger partial charge < -0.3 is 129 Å². The van der Waals surface area contributed by atoms with Crippen LogP contribution in [0.3, 0.4) is 0 Å². The highest BCUT2D eigenvalue weighted by molar-refractivity contribution is 8.00. The molecular weight excluding hydrogens is 1800 g/mol. The summed E-state index contributed by atoms with van der Waals surface area (Å²) in [6, 6.07) is 0.0760. The van der Waals surface area contributed by atoms with Gasteiger partial charge in [-0.3, -0.25) is 91.6 Å². The van der Waals surface area contributed by atoms with Crippen LogP contribution in [0.2, 0.25) is 0 Å². The number of aliphatic hydroxyl groups is 2. The number of hydrogen-bond donors (Lipinski definition) is 19. The van der Waals surface area contributed by atoms with E-state index in [-0.39, 0.29) is 114 Å². The van der Waals surface area contributed by atoms with Crippen LogP contribution in [-0.2, 0) is 117 Å². The Morgan fingerprint density at radius 3 is 1.86 bits per heavy atom. The number of nitrogens with zero attached hydrogens (tertiary/aromatic N) is 6. The monoisotopic (exact) mass is 1930 g/mol. The Bertz CT molecular complexity index is 5150. The minimum Gasteiger partial charge on any atom is -0.508 e. The Kier molecular flexibility index (Phi) is 40.4. The average Bonchev–Trinajstić information content (AvgIpc) is 1.67. The number of nitrogens with one attached hydrogen (secondary N) is 11. The number of phenolic OH excluding ortho intramolecular Hbond substituents is 1. The van der Waals surface area contributed by atoms with Gasteiger partial charge in [0.2, 0.25) is 94.5 Å². The highest BCUT2D eigenvalue weighted by atomic mass is 32.2. The molecule has 0 spiro atoms. The number of aromatic amines is 1. The van der Waals surface area contributed by atoms with Crippen molar-refractivity contribution in [2.24, 2.45) is 35.0 Å². The lowest BCUT2D eigenvalue weighted by atomic mass is 9.91. The lowest BCUT2D eigenvalue weighted by Crippen LogP contribution is -2.62. The van der Waals surface area contributed by atoms with Crippen LogP contribution in [0.5, 0.6) is 5.75 Å². The SMILES string of the molecule is CC(C)C[C@@H]1NC(=O)[C@H](CO)NC(=O)[C@@H]2CCCN2C(=O)[C@H](CC(N)=O)NC(=O)[C@@H]2CCCCN2C(=O)[C@H](Cc2ccc(O)cc2)NC(=O)CSC[C@@H](C(=O)NCC(N)=O)NC(=O)[C@H](CCC(=O)O)NC(=O)[C@H](CCC(C)C(C)C)N(C)C(=O)CN(C)C(=O)[C@H](Cc2cn(CC(=O)O)c3ccccc23)NCOC[C@H](CCN)NC(=O)[C@H](Cc2c[nH]c3ccccc23)NC(=O)[C@@H]2C[C@@H](O)CN2C1=O. The van der Waals surface area contributed by atoms with Crippen LogP contribution in [0.25, 0.3) is 21.8 Å². The molecule has 15 atom stereocenters. The first-order valence-electron chi connectivity index (χ1n) is 46.0. The zero-order valence-corrected chi connectivity index (χ0v) is 78.8. The maximum atomic E-state index is 15.3. The molecule has 44 nitrogen and oxygen atoms in total. The molecule has 0 radical (unpaired) electrons. The number of benzene rings is 3. The predicted molar refractivity (Wildman–Crippen MR) is 498 cm³/mol. The number of aromatic nitrogens is 2. The normalized spacial score (nSPS) is 25.0. The standard InChI is InChI=1S/C92H130N20O24S/c1-50(2)33-65-92(135)112-42-58(115)37-74(112)88(131)102-63(35-54-39-96-61-17-10-8-15-59(54)61)83(126)99-56(29-30-93)46-136-49-98-64(36-55-41-109(44-80(122)123)70-18-11-9-16-60(55)70)89(132)107(6)43-78(119)108(7)71(27-21-52(5)51(3)4)85(128)101-62(26-28-79(120)121)82(125)106-69(81(124)97-40-76(95)117)47-137-48-77(118)100-66(34-53-22-24-57(114)25-23-53)90(133)110-31-13-12-19-72(110)86(129)104-67(38-75(94)116)91(134)111-32-14-20-73(111)87(130)105-68(45-113)84(127)103-65/h8-11,15-18,22-25,39,41,50-52,56,58,62-69,71-74,96,98,113-115H,12-14,19-21,26-38,40,42-49,93H2,1-7H3,(H2,94,116)(H2,95,117)(H,97,124)(H,99,126)(H,100,118)(H,101,128)(H,102,131)(H,103,127)(H,104,129)(H,105,130)(H,106,125)(H,120,121)(H,122,123)/t52?,56-,58+,62-,63-,64-,65-,66-,67-,68-,69-,71-,72-,73-,74-/m0/s1. The molecule has 9 rings (SSSR count). The van der Waals surface area contributed by atoms with Gasteiger partial charge in [-0.1, -0.05) is 83.1 Å². The third-order valence-electron chi connectivity index (χ3n) is 25.0. The van der Waals surface area contributed by atoms with Gasteiger partial charge in [0.25, 0.3) is 0 Å². The number of carboxylic acid groups (broad SMARTS) is 2. The summed E-state index contributed by atoms with van der Waals surface area (Å²) in [6.07, 6.45) is -0.280. The van der Waals surface area contributed by atoms with E-state index in [1.807, 2.05) is 20.8 Å². The number of primary amides is 2. The van der Waals surface area contributed by atoms with Crippen LogP contribution in [0.1, 0.15) is 135 Å². The third-order valence-corrected chi connectivity index (χ3v) is 26.0. The summed E-state index contributed by atoms with van der Waals surface area (Å²) in [7, 11) is 2.61. The van der Waals surface area contributed by atoms with Gasteiger partial charge >= 0.3 is 11.9 Å². The number of aliphatic carboxylic acids is 2. The van der Waals surface area contributed by atoms with E-state index in [2.05, 4.69) is 58.2 Å².